The summed E-state index contributed by atoms with van der Waals surface area (Å²) in [4.78, 5) is 6.48. The first-order chi connectivity index (χ1) is 7.09. The maximum absolute atomic E-state index is 5.81. The lowest BCUT2D eigenvalue weighted by Gasteiger charge is -2.09. The second-order valence-electron chi connectivity index (χ2n) is 3.87. The second-order valence-corrected chi connectivity index (χ2v) is 4.98. The Hall–Kier alpha value is -0.580. The zero-order chi connectivity index (χ0) is 11.3. The molecular weight excluding hydrogens is 206 g/mol. The molecule has 0 saturated heterocycles. The standard InChI is InChI=1S/C11H19N3S/c1-9(12)10-4-5-13-11(8-10)15-7-6-14(2)3/h4-5,8-9H,6-7,12H2,1-3H3/t9-/m1/s1. The number of aromatic nitrogens is 1. The molecule has 2 N–H and O–H groups in total. The first kappa shape index (κ1) is 12.5. The predicted octanol–water partition coefficient (Wildman–Crippen LogP) is 1.76. The minimum Gasteiger partial charge on any atom is -0.324 e. The lowest BCUT2D eigenvalue weighted by molar-refractivity contribution is 0.437. The van der Waals surface area contributed by atoms with Crippen molar-refractivity contribution in [2.45, 2.75) is 18.0 Å². The summed E-state index contributed by atoms with van der Waals surface area (Å²) in [5, 5.41) is 1.06. The third-order valence-corrected chi connectivity index (χ3v) is 2.98. The molecule has 1 aromatic rings. The fraction of sp³-hybridized carbons (Fsp3) is 0.545. The first-order valence-electron chi connectivity index (χ1n) is 5.08. The highest BCUT2D eigenvalue weighted by Crippen LogP contribution is 2.18. The minimum absolute atomic E-state index is 0.0844. The van der Waals surface area contributed by atoms with Gasteiger partial charge in [-0.25, -0.2) is 4.98 Å². The van der Waals surface area contributed by atoms with Gasteiger partial charge in [-0.05, 0) is 38.7 Å². The van der Waals surface area contributed by atoms with Gasteiger partial charge in [-0.3, -0.25) is 0 Å². The molecule has 0 aromatic carbocycles. The van der Waals surface area contributed by atoms with Crippen LogP contribution in [0.4, 0.5) is 0 Å². The van der Waals surface area contributed by atoms with Crippen LogP contribution in [0.15, 0.2) is 23.4 Å². The zero-order valence-electron chi connectivity index (χ0n) is 9.60. The summed E-state index contributed by atoms with van der Waals surface area (Å²) in [5.74, 6) is 1.06. The van der Waals surface area contributed by atoms with Crippen molar-refractivity contribution in [3.8, 4) is 0 Å². The van der Waals surface area contributed by atoms with Crippen LogP contribution in [0.1, 0.15) is 18.5 Å². The zero-order valence-corrected chi connectivity index (χ0v) is 10.4. The molecule has 4 heteroatoms. The van der Waals surface area contributed by atoms with E-state index in [9.17, 15) is 0 Å². The molecule has 0 unspecified atom stereocenters. The highest BCUT2D eigenvalue weighted by molar-refractivity contribution is 7.99. The summed E-state index contributed by atoms with van der Waals surface area (Å²) in [7, 11) is 4.15. The van der Waals surface area contributed by atoms with Crippen LogP contribution in [0, 0.1) is 0 Å². The van der Waals surface area contributed by atoms with E-state index < -0.39 is 0 Å². The summed E-state index contributed by atoms with van der Waals surface area (Å²) >= 11 is 1.77. The van der Waals surface area contributed by atoms with Crippen LogP contribution in [0.3, 0.4) is 0 Å². The molecule has 15 heavy (non-hydrogen) atoms. The summed E-state index contributed by atoms with van der Waals surface area (Å²) < 4.78 is 0. The van der Waals surface area contributed by atoms with Gasteiger partial charge < -0.3 is 10.6 Å². The monoisotopic (exact) mass is 225 g/mol. The molecule has 0 aliphatic carbocycles. The van der Waals surface area contributed by atoms with Crippen molar-refractivity contribution in [3.05, 3.63) is 23.9 Å². The number of nitrogens with zero attached hydrogens (tertiary/aromatic N) is 2. The molecule has 0 radical (unpaired) electrons. The van der Waals surface area contributed by atoms with E-state index in [0.717, 1.165) is 22.9 Å². The van der Waals surface area contributed by atoms with Crippen LogP contribution < -0.4 is 5.73 Å². The SMILES string of the molecule is C[C@@H](N)c1ccnc(SCCN(C)C)c1. The van der Waals surface area contributed by atoms with Crippen molar-refractivity contribution in [3.63, 3.8) is 0 Å². The first-order valence-corrected chi connectivity index (χ1v) is 6.07. The molecule has 0 aliphatic heterocycles. The van der Waals surface area contributed by atoms with E-state index in [2.05, 4.69) is 30.0 Å². The Labute approximate surface area is 96.1 Å². The number of hydrogen-bond acceptors (Lipinski definition) is 4. The lowest BCUT2D eigenvalue weighted by Crippen LogP contribution is -2.14. The molecule has 0 spiro atoms. The van der Waals surface area contributed by atoms with Gasteiger partial charge in [0.2, 0.25) is 0 Å². The van der Waals surface area contributed by atoms with Gasteiger partial charge in [0.1, 0.15) is 0 Å². The molecule has 3 nitrogen and oxygen atoms in total. The van der Waals surface area contributed by atoms with E-state index >= 15 is 0 Å². The van der Waals surface area contributed by atoms with Crippen molar-refractivity contribution in [2.24, 2.45) is 5.73 Å². The summed E-state index contributed by atoms with van der Waals surface area (Å²) in [6.07, 6.45) is 1.83. The number of hydrogen-bond donors (Lipinski definition) is 1. The van der Waals surface area contributed by atoms with Crippen molar-refractivity contribution >= 4 is 11.8 Å². The summed E-state index contributed by atoms with van der Waals surface area (Å²) in [5.41, 5.74) is 6.96. The molecule has 1 rings (SSSR count). The Kier molecular flexibility index (Phi) is 5.08. The maximum atomic E-state index is 5.81. The highest BCUT2D eigenvalue weighted by Gasteiger charge is 2.02. The van der Waals surface area contributed by atoms with Gasteiger partial charge in [-0.2, -0.15) is 0 Å². The minimum atomic E-state index is 0.0844. The molecule has 1 heterocycles. The Morgan fingerprint density at radius 2 is 2.27 bits per heavy atom. The van der Waals surface area contributed by atoms with Gasteiger partial charge in [0.05, 0.1) is 5.03 Å². The fourth-order valence-corrected chi connectivity index (χ4v) is 2.14. The molecule has 0 aliphatic rings. The molecule has 84 valence electrons. The third kappa shape index (κ3) is 4.64. The second kappa shape index (κ2) is 6.10. The quantitative estimate of drug-likeness (QED) is 0.775. The number of rotatable bonds is 5. The van der Waals surface area contributed by atoms with Crippen molar-refractivity contribution in [1.82, 2.24) is 9.88 Å². The predicted molar refractivity (Wildman–Crippen MR) is 66.1 cm³/mol. The summed E-state index contributed by atoms with van der Waals surface area (Å²) in [6, 6.07) is 4.13. The van der Waals surface area contributed by atoms with Crippen LogP contribution >= 0.6 is 11.8 Å². The molecule has 1 aromatic heterocycles. The third-order valence-electron chi connectivity index (χ3n) is 2.07. The van der Waals surface area contributed by atoms with Gasteiger partial charge in [-0.15, -0.1) is 11.8 Å². The molecule has 0 bridgehead atoms. The Morgan fingerprint density at radius 3 is 2.87 bits per heavy atom. The lowest BCUT2D eigenvalue weighted by atomic mass is 10.1. The van der Waals surface area contributed by atoms with E-state index in [1.807, 2.05) is 19.2 Å². The van der Waals surface area contributed by atoms with Crippen LogP contribution in [0.2, 0.25) is 0 Å². The highest BCUT2D eigenvalue weighted by atomic mass is 32.2. The van der Waals surface area contributed by atoms with E-state index in [0.29, 0.717) is 0 Å². The van der Waals surface area contributed by atoms with Crippen molar-refractivity contribution in [2.75, 3.05) is 26.4 Å². The van der Waals surface area contributed by atoms with E-state index in [1.165, 1.54) is 0 Å². The van der Waals surface area contributed by atoms with Gasteiger partial charge in [0.15, 0.2) is 0 Å². The molecular formula is C11H19N3S. The summed E-state index contributed by atoms with van der Waals surface area (Å²) in [6.45, 7) is 3.05. The van der Waals surface area contributed by atoms with Crippen LogP contribution in [-0.4, -0.2) is 36.3 Å². The van der Waals surface area contributed by atoms with Crippen molar-refractivity contribution < 1.29 is 0 Å². The smallest absolute Gasteiger partial charge is 0.0963 e. The van der Waals surface area contributed by atoms with E-state index in [1.54, 1.807) is 11.8 Å². The fourth-order valence-electron chi connectivity index (χ4n) is 1.12. The van der Waals surface area contributed by atoms with Gasteiger partial charge >= 0.3 is 0 Å². The average molecular weight is 225 g/mol. The number of nitrogens with two attached hydrogens (primary N) is 1. The van der Waals surface area contributed by atoms with E-state index in [4.69, 9.17) is 5.73 Å². The number of thioether (sulfide) groups is 1. The molecule has 0 fully saturated rings. The van der Waals surface area contributed by atoms with Crippen LogP contribution in [-0.2, 0) is 0 Å². The van der Waals surface area contributed by atoms with Crippen molar-refractivity contribution in [1.29, 1.82) is 0 Å². The van der Waals surface area contributed by atoms with E-state index in [-0.39, 0.29) is 6.04 Å². The van der Waals surface area contributed by atoms with Crippen LogP contribution in [0.25, 0.3) is 0 Å². The topological polar surface area (TPSA) is 42.1 Å². The maximum Gasteiger partial charge on any atom is 0.0963 e. The Bertz CT molecular complexity index is 300. The largest absolute Gasteiger partial charge is 0.324 e. The number of pyridine rings is 1. The normalized spacial score (nSPS) is 13.1. The molecule has 1 atom stereocenters. The van der Waals surface area contributed by atoms with Gasteiger partial charge in [-0.1, -0.05) is 0 Å². The Balaban J connectivity index is 2.50. The molecule has 0 saturated carbocycles. The Morgan fingerprint density at radius 1 is 1.53 bits per heavy atom. The average Bonchev–Trinajstić information content (AvgIpc) is 2.17. The van der Waals surface area contributed by atoms with Gasteiger partial charge in [0.25, 0.3) is 0 Å². The van der Waals surface area contributed by atoms with Gasteiger partial charge in [0, 0.05) is 24.5 Å². The molecule has 0 amide bonds. The van der Waals surface area contributed by atoms with Crippen LogP contribution in [0.5, 0.6) is 0 Å².